The quantitative estimate of drug-likeness (QED) is 0.730. The van der Waals surface area contributed by atoms with E-state index < -0.39 is 0 Å². The summed E-state index contributed by atoms with van der Waals surface area (Å²) in [5, 5.41) is 11.0. The molecule has 1 amide bonds. The number of ether oxygens (including phenoxy) is 1. The van der Waals surface area contributed by atoms with Gasteiger partial charge in [0.15, 0.2) is 5.69 Å². The summed E-state index contributed by atoms with van der Waals surface area (Å²) in [5.41, 5.74) is 4.79. The maximum absolute atomic E-state index is 12.7. The summed E-state index contributed by atoms with van der Waals surface area (Å²) in [6.45, 7) is 6.82. The molecule has 0 spiro atoms. The Bertz CT molecular complexity index is 944. The number of aromatic amines is 1. The number of carbonyl (C=O) groups is 1. The Morgan fingerprint density at radius 2 is 1.96 bits per heavy atom. The molecule has 0 unspecified atom stereocenters. The van der Waals surface area contributed by atoms with E-state index in [1.807, 2.05) is 37.3 Å². The fourth-order valence-corrected chi connectivity index (χ4v) is 3.44. The lowest BCUT2D eigenvalue weighted by Gasteiger charge is -2.27. The van der Waals surface area contributed by atoms with Gasteiger partial charge in [0, 0.05) is 31.6 Å². The van der Waals surface area contributed by atoms with E-state index in [1.54, 1.807) is 0 Å². The number of nitrogens with zero attached hydrogens (tertiary/aromatic N) is 2. The predicted molar refractivity (Wildman–Crippen MR) is 105 cm³/mol. The molecule has 3 aromatic rings. The Balaban J connectivity index is 1.46. The van der Waals surface area contributed by atoms with Gasteiger partial charge >= 0.3 is 0 Å². The second-order valence-electron chi connectivity index (χ2n) is 6.96. The summed E-state index contributed by atoms with van der Waals surface area (Å²) in [7, 11) is 0. The average Bonchev–Trinajstić information content (AvgIpc) is 3.11. The van der Waals surface area contributed by atoms with Gasteiger partial charge < -0.3 is 10.1 Å². The smallest absolute Gasteiger partial charge is 0.272 e. The summed E-state index contributed by atoms with van der Waals surface area (Å²) < 4.78 is 5.42. The zero-order chi connectivity index (χ0) is 18.6. The van der Waals surface area contributed by atoms with Gasteiger partial charge in [0.05, 0.1) is 18.7 Å². The largest absolute Gasteiger partial charge is 0.379 e. The average molecular weight is 364 g/mol. The van der Waals surface area contributed by atoms with E-state index in [1.165, 1.54) is 5.56 Å². The van der Waals surface area contributed by atoms with E-state index in [0.717, 1.165) is 54.9 Å². The number of amides is 1. The summed E-state index contributed by atoms with van der Waals surface area (Å²) in [6, 6.07) is 14.2. The molecule has 27 heavy (non-hydrogen) atoms. The van der Waals surface area contributed by atoms with Crippen LogP contribution in [0.4, 0.5) is 0 Å². The number of nitrogens with one attached hydrogen (secondary N) is 2. The molecule has 0 aliphatic carbocycles. The molecule has 1 saturated heterocycles. The molecule has 140 valence electrons. The van der Waals surface area contributed by atoms with E-state index >= 15 is 0 Å². The Morgan fingerprint density at radius 3 is 2.78 bits per heavy atom. The van der Waals surface area contributed by atoms with Gasteiger partial charge in [-0.25, -0.2) is 0 Å². The zero-order valence-electron chi connectivity index (χ0n) is 15.5. The van der Waals surface area contributed by atoms with Crippen LogP contribution < -0.4 is 5.32 Å². The fraction of sp³-hybridized carbons (Fsp3) is 0.333. The molecule has 1 fully saturated rings. The van der Waals surface area contributed by atoms with Crippen molar-refractivity contribution >= 4 is 16.8 Å². The maximum Gasteiger partial charge on any atom is 0.272 e. The highest BCUT2D eigenvalue weighted by Gasteiger charge is 2.16. The molecule has 0 saturated carbocycles. The van der Waals surface area contributed by atoms with Crippen molar-refractivity contribution in [3.63, 3.8) is 0 Å². The van der Waals surface area contributed by atoms with Crippen LogP contribution in [0.2, 0.25) is 0 Å². The molecule has 0 atom stereocenters. The third-order valence-corrected chi connectivity index (χ3v) is 4.99. The lowest BCUT2D eigenvalue weighted by atomic mass is 10.1. The Labute approximate surface area is 158 Å². The van der Waals surface area contributed by atoms with E-state index in [4.69, 9.17) is 4.74 Å². The van der Waals surface area contributed by atoms with Crippen LogP contribution in [0.25, 0.3) is 10.9 Å². The van der Waals surface area contributed by atoms with E-state index in [-0.39, 0.29) is 5.91 Å². The highest BCUT2D eigenvalue weighted by Crippen LogP contribution is 2.18. The Morgan fingerprint density at radius 1 is 1.19 bits per heavy atom. The van der Waals surface area contributed by atoms with Crippen LogP contribution >= 0.6 is 0 Å². The zero-order valence-corrected chi connectivity index (χ0v) is 15.5. The van der Waals surface area contributed by atoms with Crippen molar-refractivity contribution in [2.24, 2.45) is 0 Å². The van der Waals surface area contributed by atoms with Gasteiger partial charge in [-0.05, 0) is 30.2 Å². The standard InChI is InChI=1S/C21H24N4O2/c1-15-6-7-19-18(12-15)20(24-23-19)21(26)22-13-16-4-2-3-5-17(16)14-25-8-10-27-11-9-25/h2-7,12H,8-11,13-14H2,1H3,(H,22,26)(H,23,24). The topological polar surface area (TPSA) is 70.2 Å². The normalized spacial score (nSPS) is 15.1. The second kappa shape index (κ2) is 7.90. The molecular weight excluding hydrogens is 340 g/mol. The molecule has 6 nitrogen and oxygen atoms in total. The van der Waals surface area contributed by atoms with Crippen LogP contribution in [-0.4, -0.2) is 47.3 Å². The van der Waals surface area contributed by atoms with Gasteiger partial charge in [0.1, 0.15) is 0 Å². The summed E-state index contributed by atoms with van der Waals surface area (Å²) in [5.74, 6) is -0.159. The van der Waals surface area contributed by atoms with Crippen LogP contribution in [0, 0.1) is 6.92 Å². The molecule has 4 rings (SSSR count). The summed E-state index contributed by atoms with van der Waals surface area (Å²) in [6.07, 6.45) is 0. The fourth-order valence-electron chi connectivity index (χ4n) is 3.44. The number of aromatic nitrogens is 2. The van der Waals surface area contributed by atoms with Gasteiger partial charge in [-0.2, -0.15) is 5.10 Å². The van der Waals surface area contributed by atoms with Crippen molar-refractivity contribution in [2.75, 3.05) is 26.3 Å². The number of morpholine rings is 1. The molecule has 2 N–H and O–H groups in total. The summed E-state index contributed by atoms with van der Waals surface area (Å²) >= 11 is 0. The minimum absolute atomic E-state index is 0.159. The van der Waals surface area contributed by atoms with Crippen LogP contribution in [0.15, 0.2) is 42.5 Å². The molecule has 2 aromatic carbocycles. The van der Waals surface area contributed by atoms with Crippen molar-refractivity contribution in [1.29, 1.82) is 0 Å². The van der Waals surface area contributed by atoms with Crippen molar-refractivity contribution in [2.45, 2.75) is 20.0 Å². The third-order valence-electron chi connectivity index (χ3n) is 4.99. The van der Waals surface area contributed by atoms with Crippen LogP contribution in [0.3, 0.4) is 0 Å². The first-order valence-corrected chi connectivity index (χ1v) is 9.30. The number of fused-ring (bicyclic) bond motifs is 1. The maximum atomic E-state index is 12.7. The first kappa shape index (κ1) is 17.7. The number of benzene rings is 2. The molecule has 1 aliphatic rings. The molecule has 1 aromatic heterocycles. The minimum Gasteiger partial charge on any atom is -0.379 e. The van der Waals surface area contributed by atoms with Gasteiger partial charge in [-0.1, -0.05) is 35.9 Å². The molecular formula is C21H24N4O2. The number of aryl methyl sites for hydroxylation is 1. The van der Waals surface area contributed by atoms with Crippen LogP contribution in [0.1, 0.15) is 27.2 Å². The second-order valence-corrected chi connectivity index (χ2v) is 6.96. The molecule has 6 heteroatoms. The van der Waals surface area contributed by atoms with E-state index in [9.17, 15) is 4.79 Å². The van der Waals surface area contributed by atoms with Crippen molar-refractivity contribution in [3.05, 3.63) is 64.8 Å². The van der Waals surface area contributed by atoms with E-state index in [0.29, 0.717) is 12.2 Å². The lowest BCUT2D eigenvalue weighted by molar-refractivity contribution is 0.0340. The number of hydrogen-bond acceptors (Lipinski definition) is 4. The van der Waals surface area contributed by atoms with Crippen LogP contribution in [-0.2, 0) is 17.8 Å². The SMILES string of the molecule is Cc1ccc2[nH]nc(C(=O)NCc3ccccc3CN3CCOCC3)c2c1. The number of rotatable bonds is 5. The Hall–Kier alpha value is -2.70. The molecule has 0 bridgehead atoms. The molecule has 0 radical (unpaired) electrons. The monoisotopic (exact) mass is 364 g/mol. The van der Waals surface area contributed by atoms with Gasteiger partial charge in [0.2, 0.25) is 0 Å². The predicted octanol–water partition coefficient (Wildman–Crippen LogP) is 2.63. The first-order valence-electron chi connectivity index (χ1n) is 9.30. The minimum atomic E-state index is -0.159. The summed E-state index contributed by atoms with van der Waals surface area (Å²) in [4.78, 5) is 15.1. The van der Waals surface area contributed by atoms with Gasteiger partial charge in [-0.15, -0.1) is 0 Å². The number of H-pyrrole nitrogens is 1. The third kappa shape index (κ3) is 4.02. The Kier molecular flexibility index (Phi) is 5.18. The van der Waals surface area contributed by atoms with Crippen molar-refractivity contribution in [1.82, 2.24) is 20.4 Å². The van der Waals surface area contributed by atoms with Gasteiger partial charge in [0.25, 0.3) is 5.91 Å². The number of hydrogen-bond donors (Lipinski definition) is 2. The highest BCUT2D eigenvalue weighted by molar-refractivity contribution is 6.04. The van der Waals surface area contributed by atoms with E-state index in [2.05, 4.69) is 32.5 Å². The molecule has 2 heterocycles. The van der Waals surface area contributed by atoms with Crippen molar-refractivity contribution in [3.8, 4) is 0 Å². The van der Waals surface area contributed by atoms with Gasteiger partial charge in [-0.3, -0.25) is 14.8 Å². The lowest BCUT2D eigenvalue weighted by Crippen LogP contribution is -2.36. The first-order chi connectivity index (χ1) is 13.2. The molecule has 1 aliphatic heterocycles. The van der Waals surface area contributed by atoms with Crippen LogP contribution in [0.5, 0.6) is 0 Å². The highest BCUT2D eigenvalue weighted by atomic mass is 16.5. The van der Waals surface area contributed by atoms with Crippen molar-refractivity contribution < 1.29 is 9.53 Å². The number of carbonyl (C=O) groups excluding carboxylic acids is 1.